The number of fused-ring (bicyclic) bond motifs is 1. The monoisotopic (exact) mass is 602 g/mol. The first kappa shape index (κ1) is 30.0. The van der Waals surface area contributed by atoms with Crippen molar-refractivity contribution in [1.82, 2.24) is 10.2 Å². The normalized spacial score (nSPS) is 19.6. The number of halogens is 1. The summed E-state index contributed by atoms with van der Waals surface area (Å²) in [5.41, 5.74) is 1.53. The molecule has 3 aromatic carbocycles. The van der Waals surface area contributed by atoms with E-state index in [-0.39, 0.29) is 17.4 Å². The van der Waals surface area contributed by atoms with E-state index in [1.165, 1.54) is 12.1 Å². The molecule has 0 aliphatic carbocycles. The van der Waals surface area contributed by atoms with Gasteiger partial charge in [0.05, 0.1) is 32.3 Å². The van der Waals surface area contributed by atoms with Crippen molar-refractivity contribution >= 4 is 39.9 Å². The molecule has 0 radical (unpaired) electrons. The van der Waals surface area contributed by atoms with Crippen molar-refractivity contribution in [2.24, 2.45) is 15.9 Å². The lowest BCUT2D eigenvalue weighted by molar-refractivity contribution is 0.102. The Balaban J connectivity index is 1.15. The molecule has 0 saturated carbocycles. The number of anilines is 2. The van der Waals surface area contributed by atoms with E-state index in [2.05, 4.69) is 20.5 Å². The van der Waals surface area contributed by atoms with Crippen molar-refractivity contribution in [3.8, 4) is 5.75 Å². The van der Waals surface area contributed by atoms with Crippen molar-refractivity contribution in [3.05, 3.63) is 66.0 Å². The molecule has 1 atom stereocenters. The van der Waals surface area contributed by atoms with Crippen LogP contribution in [-0.4, -0.2) is 94.9 Å². The Hall–Kier alpha value is -4.06. The Bertz CT molecular complexity index is 1530. The highest BCUT2D eigenvalue weighted by Crippen LogP contribution is 2.33. The standard InChI is InChI=1S/C33H39FN6O4/c1-23-22-36-33(35-9-11-39-10-4-15-42-16-12-39)38-32(23)44-30-8-7-29(27-5-2-3-6-28(27)30)37-31(41)24-19-25(34)21-26(20-24)40-13-17-43-18-14-40/h2-3,5-8,19-21,23H,4,9-18,22H2,1H3,(H,35,36)(H,37,41). The minimum Gasteiger partial charge on any atom is -0.442 e. The molecule has 2 saturated heterocycles. The molecule has 1 unspecified atom stereocenters. The van der Waals surface area contributed by atoms with Crippen LogP contribution in [-0.2, 0) is 9.47 Å². The fourth-order valence-corrected chi connectivity index (χ4v) is 5.60. The molecule has 6 rings (SSSR count). The molecule has 3 heterocycles. The highest BCUT2D eigenvalue weighted by molar-refractivity contribution is 6.11. The third kappa shape index (κ3) is 7.35. The van der Waals surface area contributed by atoms with Gasteiger partial charge in [0.25, 0.3) is 5.91 Å². The molecular weight excluding hydrogens is 563 g/mol. The Morgan fingerprint density at radius 3 is 2.66 bits per heavy atom. The van der Waals surface area contributed by atoms with E-state index in [9.17, 15) is 9.18 Å². The van der Waals surface area contributed by atoms with Crippen LogP contribution in [0.5, 0.6) is 5.75 Å². The topological polar surface area (TPSA) is 100 Å². The quantitative estimate of drug-likeness (QED) is 0.419. The van der Waals surface area contributed by atoms with Crippen LogP contribution in [0.1, 0.15) is 23.7 Å². The molecule has 2 fully saturated rings. The Kier molecular flexibility index (Phi) is 9.64. The number of rotatable bonds is 7. The van der Waals surface area contributed by atoms with Gasteiger partial charge < -0.3 is 29.7 Å². The number of aliphatic imine (C=N–C) groups is 2. The number of hydrogen-bond donors (Lipinski definition) is 2. The first-order valence-corrected chi connectivity index (χ1v) is 15.3. The molecule has 232 valence electrons. The molecule has 1 amide bonds. The molecule has 3 aliphatic heterocycles. The van der Waals surface area contributed by atoms with Crippen LogP contribution in [0.2, 0.25) is 0 Å². The number of guanidine groups is 1. The summed E-state index contributed by atoms with van der Waals surface area (Å²) in [5, 5.41) is 7.97. The molecule has 0 spiro atoms. The van der Waals surface area contributed by atoms with E-state index < -0.39 is 5.82 Å². The van der Waals surface area contributed by atoms with E-state index >= 15 is 0 Å². The third-order valence-corrected chi connectivity index (χ3v) is 8.05. The van der Waals surface area contributed by atoms with Crippen molar-refractivity contribution in [3.63, 3.8) is 0 Å². The Morgan fingerprint density at radius 1 is 1.00 bits per heavy atom. The van der Waals surface area contributed by atoms with Gasteiger partial charge in [-0.3, -0.25) is 14.7 Å². The molecule has 3 aliphatic rings. The predicted molar refractivity (Wildman–Crippen MR) is 171 cm³/mol. The van der Waals surface area contributed by atoms with E-state index in [1.54, 1.807) is 6.07 Å². The molecule has 44 heavy (non-hydrogen) atoms. The summed E-state index contributed by atoms with van der Waals surface area (Å²) in [6.45, 7) is 10.3. The largest absolute Gasteiger partial charge is 0.442 e. The summed E-state index contributed by atoms with van der Waals surface area (Å²) in [5.74, 6) is 0.962. The molecule has 0 aromatic heterocycles. The number of carbonyl (C=O) groups excluding carboxylic acids is 1. The second-order valence-electron chi connectivity index (χ2n) is 11.3. The maximum atomic E-state index is 14.6. The van der Waals surface area contributed by atoms with Crippen LogP contribution in [0.3, 0.4) is 0 Å². The van der Waals surface area contributed by atoms with Crippen molar-refractivity contribution in [1.29, 1.82) is 0 Å². The third-order valence-electron chi connectivity index (χ3n) is 8.05. The van der Waals surface area contributed by atoms with Gasteiger partial charge in [0, 0.05) is 73.6 Å². The second kappa shape index (κ2) is 14.1. The van der Waals surface area contributed by atoms with Crippen LogP contribution < -0.4 is 20.3 Å². The van der Waals surface area contributed by atoms with Gasteiger partial charge in [-0.1, -0.05) is 31.2 Å². The van der Waals surface area contributed by atoms with Crippen LogP contribution in [0, 0.1) is 11.7 Å². The molecule has 10 nitrogen and oxygen atoms in total. The van der Waals surface area contributed by atoms with Crippen LogP contribution in [0.25, 0.3) is 10.8 Å². The summed E-state index contributed by atoms with van der Waals surface area (Å²) in [4.78, 5) is 27.0. The summed E-state index contributed by atoms with van der Waals surface area (Å²) >= 11 is 0. The summed E-state index contributed by atoms with van der Waals surface area (Å²) in [6.07, 6.45) is 1.05. The molecule has 11 heteroatoms. The van der Waals surface area contributed by atoms with Gasteiger partial charge in [-0.25, -0.2) is 4.39 Å². The van der Waals surface area contributed by atoms with Crippen LogP contribution in [0.15, 0.2) is 64.6 Å². The number of nitrogens with zero attached hydrogens (tertiary/aromatic N) is 4. The summed E-state index contributed by atoms with van der Waals surface area (Å²) < 4.78 is 31.9. The van der Waals surface area contributed by atoms with Crippen molar-refractivity contribution in [2.75, 3.05) is 82.5 Å². The lowest BCUT2D eigenvalue weighted by Gasteiger charge is -2.29. The van der Waals surface area contributed by atoms with E-state index in [4.69, 9.17) is 19.2 Å². The fourth-order valence-electron chi connectivity index (χ4n) is 5.60. The zero-order valence-electron chi connectivity index (χ0n) is 25.1. The molecule has 0 bridgehead atoms. The van der Waals surface area contributed by atoms with Crippen LogP contribution >= 0.6 is 0 Å². The van der Waals surface area contributed by atoms with E-state index in [1.807, 2.05) is 48.2 Å². The second-order valence-corrected chi connectivity index (χ2v) is 11.3. The lowest BCUT2D eigenvalue weighted by atomic mass is 10.1. The SMILES string of the molecule is CC1CN=C(NCCN2CCCOCC2)N=C1Oc1ccc(NC(=O)c2cc(F)cc(N3CCOCC3)c2)c2ccccc12. The molecule has 2 N–H and O–H groups in total. The minimum absolute atomic E-state index is 0.00934. The van der Waals surface area contributed by atoms with Crippen molar-refractivity contribution in [2.45, 2.75) is 13.3 Å². The first-order chi connectivity index (χ1) is 21.5. The molecule has 3 aromatic rings. The zero-order valence-corrected chi connectivity index (χ0v) is 25.1. The van der Waals surface area contributed by atoms with Gasteiger partial charge in [0.1, 0.15) is 11.6 Å². The number of ether oxygens (including phenoxy) is 3. The lowest BCUT2D eigenvalue weighted by Crippen LogP contribution is -2.38. The Morgan fingerprint density at radius 2 is 1.80 bits per heavy atom. The molecular formula is C33H39FN6O4. The fraction of sp³-hybridized carbons (Fsp3) is 0.424. The van der Waals surface area contributed by atoms with E-state index in [0.29, 0.717) is 61.8 Å². The van der Waals surface area contributed by atoms with Crippen LogP contribution in [0.4, 0.5) is 15.8 Å². The van der Waals surface area contributed by atoms with Gasteiger partial charge in [0.15, 0.2) is 0 Å². The maximum Gasteiger partial charge on any atom is 0.255 e. The van der Waals surface area contributed by atoms with Gasteiger partial charge >= 0.3 is 0 Å². The maximum absolute atomic E-state index is 14.6. The van der Waals surface area contributed by atoms with E-state index in [0.717, 1.165) is 56.6 Å². The Labute approximate surface area is 256 Å². The summed E-state index contributed by atoms with van der Waals surface area (Å²) in [7, 11) is 0. The van der Waals surface area contributed by atoms with Gasteiger partial charge in [-0.05, 0) is 36.8 Å². The summed E-state index contributed by atoms with van der Waals surface area (Å²) in [6, 6.07) is 15.8. The average Bonchev–Trinajstić information content (AvgIpc) is 3.33. The zero-order chi connectivity index (χ0) is 30.3. The minimum atomic E-state index is -0.455. The van der Waals surface area contributed by atoms with Gasteiger partial charge in [-0.15, -0.1) is 0 Å². The highest BCUT2D eigenvalue weighted by Gasteiger charge is 2.22. The highest BCUT2D eigenvalue weighted by atomic mass is 19.1. The first-order valence-electron chi connectivity index (χ1n) is 15.3. The number of hydrogen-bond acceptors (Lipinski definition) is 9. The number of morpholine rings is 1. The number of benzene rings is 3. The number of carbonyl (C=O) groups is 1. The predicted octanol–water partition coefficient (Wildman–Crippen LogP) is 4.16. The number of nitrogens with one attached hydrogen (secondary N) is 2. The number of amides is 1. The van der Waals surface area contributed by atoms with Crippen molar-refractivity contribution < 1.29 is 23.4 Å². The van der Waals surface area contributed by atoms with Gasteiger partial charge in [-0.2, -0.15) is 4.99 Å². The average molecular weight is 603 g/mol. The smallest absolute Gasteiger partial charge is 0.255 e. The van der Waals surface area contributed by atoms with Gasteiger partial charge in [0.2, 0.25) is 11.9 Å².